The third kappa shape index (κ3) is 3.59. The first-order chi connectivity index (χ1) is 14.0. The van der Waals surface area contributed by atoms with Crippen molar-refractivity contribution in [3.05, 3.63) is 106 Å². The van der Waals surface area contributed by atoms with Crippen LogP contribution in [0.15, 0.2) is 85.2 Å². The third-order valence-corrected chi connectivity index (χ3v) is 4.39. The SMILES string of the molecule is O=[N+]([O-])c1cccc(-c2cc(-c3cccc[n+]3[O-])nc(-c3cccc[n+]3[O-])c2)c1. The summed E-state index contributed by atoms with van der Waals surface area (Å²) in [6, 6.07) is 19.3. The molecule has 0 N–H and O–H groups in total. The number of hydrogen-bond acceptors (Lipinski definition) is 5. The number of benzene rings is 1. The number of nitro benzene ring substituents is 1. The molecular weight excluding hydrogens is 372 g/mol. The molecule has 0 unspecified atom stereocenters. The van der Waals surface area contributed by atoms with Gasteiger partial charge in [0.05, 0.1) is 4.92 Å². The second-order valence-corrected chi connectivity index (χ2v) is 6.26. The topological polar surface area (TPSA) is 110 Å². The summed E-state index contributed by atoms with van der Waals surface area (Å²) in [5.41, 5.74) is 2.42. The van der Waals surface area contributed by atoms with Crippen molar-refractivity contribution in [3.63, 3.8) is 0 Å². The van der Waals surface area contributed by atoms with Crippen LogP contribution in [-0.2, 0) is 0 Å². The van der Waals surface area contributed by atoms with Crippen LogP contribution in [0.5, 0.6) is 0 Å². The van der Waals surface area contributed by atoms with E-state index in [4.69, 9.17) is 0 Å². The van der Waals surface area contributed by atoms with Crippen LogP contribution in [0.1, 0.15) is 0 Å². The van der Waals surface area contributed by atoms with E-state index in [1.165, 1.54) is 24.5 Å². The highest BCUT2D eigenvalue weighted by Crippen LogP contribution is 2.30. The van der Waals surface area contributed by atoms with Gasteiger partial charge in [-0.15, -0.1) is 0 Å². The molecule has 0 saturated heterocycles. The van der Waals surface area contributed by atoms with Crippen molar-refractivity contribution in [1.82, 2.24) is 4.98 Å². The van der Waals surface area contributed by atoms with Gasteiger partial charge in [0.1, 0.15) is 11.4 Å². The van der Waals surface area contributed by atoms with Gasteiger partial charge in [-0.3, -0.25) is 10.1 Å². The largest absolute Gasteiger partial charge is 0.618 e. The van der Waals surface area contributed by atoms with E-state index in [1.807, 2.05) is 0 Å². The summed E-state index contributed by atoms with van der Waals surface area (Å²) < 4.78 is 1.36. The molecule has 0 bridgehead atoms. The Morgan fingerprint density at radius 1 is 0.724 bits per heavy atom. The molecule has 0 aliphatic carbocycles. The fraction of sp³-hybridized carbons (Fsp3) is 0. The number of aromatic nitrogens is 3. The Labute approximate surface area is 165 Å². The first-order valence-corrected chi connectivity index (χ1v) is 8.67. The minimum absolute atomic E-state index is 0.0559. The molecule has 0 spiro atoms. The number of pyridine rings is 3. The molecule has 0 aliphatic heterocycles. The second-order valence-electron chi connectivity index (χ2n) is 6.26. The molecule has 142 valence electrons. The van der Waals surface area contributed by atoms with E-state index in [9.17, 15) is 20.5 Å². The summed E-state index contributed by atoms with van der Waals surface area (Å²) in [6.45, 7) is 0. The Balaban J connectivity index is 1.96. The Kier molecular flexibility index (Phi) is 4.58. The molecular formula is C21H14N4O4. The van der Waals surface area contributed by atoms with Gasteiger partial charge in [0, 0.05) is 36.4 Å². The lowest BCUT2D eigenvalue weighted by atomic mass is 10.0. The standard InChI is InChI=1S/C21H14N4O4/c26-23-10-3-1-8-20(23)18-13-16(15-6-5-7-17(12-15)25(28)29)14-19(22-18)21-9-2-4-11-24(21)27/h1-14H. The van der Waals surface area contributed by atoms with Crippen LogP contribution >= 0.6 is 0 Å². The summed E-state index contributed by atoms with van der Waals surface area (Å²) >= 11 is 0. The molecule has 0 radical (unpaired) electrons. The Morgan fingerprint density at radius 2 is 1.31 bits per heavy atom. The van der Waals surface area contributed by atoms with Crippen LogP contribution in [0.4, 0.5) is 5.69 Å². The monoisotopic (exact) mass is 386 g/mol. The van der Waals surface area contributed by atoms with Crippen molar-refractivity contribution in [2.24, 2.45) is 0 Å². The van der Waals surface area contributed by atoms with Crippen molar-refractivity contribution in [1.29, 1.82) is 0 Å². The molecule has 8 nitrogen and oxygen atoms in total. The summed E-state index contributed by atoms with van der Waals surface area (Å²) in [4.78, 5) is 15.2. The van der Waals surface area contributed by atoms with Crippen molar-refractivity contribution in [2.45, 2.75) is 0 Å². The molecule has 8 heteroatoms. The zero-order valence-electron chi connectivity index (χ0n) is 15.0. The van der Waals surface area contributed by atoms with Crippen molar-refractivity contribution < 1.29 is 14.4 Å². The fourth-order valence-electron chi connectivity index (χ4n) is 3.01. The van der Waals surface area contributed by atoms with Gasteiger partial charge in [0.15, 0.2) is 12.4 Å². The van der Waals surface area contributed by atoms with E-state index in [0.29, 0.717) is 43.4 Å². The molecule has 0 saturated carbocycles. The number of nitro groups is 1. The normalized spacial score (nSPS) is 10.6. The molecule has 3 heterocycles. The first kappa shape index (κ1) is 18.1. The minimum atomic E-state index is -0.474. The number of rotatable bonds is 4. The van der Waals surface area contributed by atoms with E-state index in [2.05, 4.69) is 4.98 Å². The van der Waals surface area contributed by atoms with Gasteiger partial charge >= 0.3 is 0 Å². The highest BCUT2D eigenvalue weighted by Gasteiger charge is 2.18. The van der Waals surface area contributed by atoms with Crippen molar-refractivity contribution in [3.8, 4) is 33.9 Å². The molecule has 0 aliphatic rings. The summed E-state index contributed by atoms with van der Waals surface area (Å²) in [5, 5.41) is 35.6. The third-order valence-electron chi connectivity index (χ3n) is 4.39. The van der Waals surface area contributed by atoms with Crippen LogP contribution in [0, 0.1) is 20.5 Å². The van der Waals surface area contributed by atoms with E-state index in [0.717, 1.165) is 0 Å². The Hall–Kier alpha value is -4.33. The molecule has 0 atom stereocenters. The molecule has 4 rings (SSSR count). The average molecular weight is 386 g/mol. The van der Waals surface area contributed by atoms with Gasteiger partial charge in [0.25, 0.3) is 5.69 Å². The maximum absolute atomic E-state index is 12.2. The summed E-state index contributed by atoms with van der Waals surface area (Å²) in [5.74, 6) is 0. The number of nitrogens with zero attached hydrogens (tertiary/aromatic N) is 4. The van der Waals surface area contributed by atoms with Crippen LogP contribution in [0.3, 0.4) is 0 Å². The number of hydrogen-bond donors (Lipinski definition) is 0. The van der Waals surface area contributed by atoms with Gasteiger partial charge < -0.3 is 10.4 Å². The van der Waals surface area contributed by atoms with Crippen molar-refractivity contribution >= 4 is 5.69 Å². The van der Waals surface area contributed by atoms with Crippen LogP contribution in [-0.4, -0.2) is 9.91 Å². The molecule has 3 aromatic heterocycles. The summed E-state index contributed by atoms with van der Waals surface area (Å²) in [6.07, 6.45) is 2.71. The lowest BCUT2D eigenvalue weighted by molar-refractivity contribution is -0.594. The first-order valence-electron chi connectivity index (χ1n) is 8.67. The van der Waals surface area contributed by atoms with E-state index >= 15 is 0 Å². The van der Waals surface area contributed by atoms with Gasteiger partial charge in [-0.2, -0.15) is 9.46 Å². The van der Waals surface area contributed by atoms with Gasteiger partial charge in [0.2, 0.25) is 11.4 Å². The maximum atomic E-state index is 12.2. The zero-order chi connectivity index (χ0) is 20.4. The fourth-order valence-corrected chi connectivity index (χ4v) is 3.01. The molecule has 0 fully saturated rings. The quantitative estimate of drug-likeness (QED) is 0.231. The average Bonchev–Trinajstić information content (AvgIpc) is 2.74. The van der Waals surface area contributed by atoms with Crippen LogP contribution < -0.4 is 9.46 Å². The van der Waals surface area contributed by atoms with Crippen molar-refractivity contribution in [2.75, 3.05) is 0 Å². The molecule has 0 amide bonds. The highest BCUT2D eigenvalue weighted by atomic mass is 16.6. The maximum Gasteiger partial charge on any atom is 0.270 e. The smallest absolute Gasteiger partial charge is 0.270 e. The van der Waals surface area contributed by atoms with E-state index in [-0.39, 0.29) is 5.69 Å². The Morgan fingerprint density at radius 3 is 1.83 bits per heavy atom. The predicted octanol–water partition coefficient (Wildman–Crippen LogP) is 3.26. The van der Waals surface area contributed by atoms with Gasteiger partial charge in [-0.1, -0.05) is 12.1 Å². The van der Waals surface area contributed by atoms with Crippen LogP contribution in [0.25, 0.3) is 33.9 Å². The Bertz CT molecular complexity index is 1160. The molecule has 1 aromatic carbocycles. The lowest BCUT2D eigenvalue weighted by Crippen LogP contribution is -2.29. The van der Waals surface area contributed by atoms with Gasteiger partial charge in [-0.25, -0.2) is 4.98 Å². The van der Waals surface area contributed by atoms with E-state index in [1.54, 1.807) is 60.7 Å². The minimum Gasteiger partial charge on any atom is -0.618 e. The van der Waals surface area contributed by atoms with Gasteiger partial charge in [-0.05, 0) is 35.4 Å². The molecule has 4 aromatic rings. The highest BCUT2D eigenvalue weighted by molar-refractivity contribution is 5.74. The number of non-ortho nitro benzene ring substituents is 1. The van der Waals surface area contributed by atoms with E-state index < -0.39 is 4.92 Å². The lowest BCUT2D eigenvalue weighted by Gasteiger charge is -2.10. The zero-order valence-corrected chi connectivity index (χ0v) is 15.0. The summed E-state index contributed by atoms with van der Waals surface area (Å²) in [7, 11) is 0. The predicted molar refractivity (Wildman–Crippen MR) is 105 cm³/mol. The van der Waals surface area contributed by atoms with Crippen LogP contribution in [0.2, 0.25) is 0 Å². The molecule has 29 heavy (non-hydrogen) atoms. The second kappa shape index (κ2) is 7.35.